The summed E-state index contributed by atoms with van der Waals surface area (Å²) in [5.41, 5.74) is 0.828. The van der Waals surface area contributed by atoms with Gasteiger partial charge in [0.25, 0.3) is 0 Å². The second kappa shape index (κ2) is 7.05. The zero-order valence-corrected chi connectivity index (χ0v) is 17.1. The molecule has 5 fully saturated rings. The fourth-order valence-corrected chi connectivity index (χ4v) is 7.82. The first-order chi connectivity index (χ1) is 14.0. The Morgan fingerprint density at radius 3 is 2.76 bits per heavy atom. The Hall–Kier alpha value is -1.46. The molecule has 0 radical (unpaired) electrons. The third-order valence-electron chi connectivity index (χ3n) is 8.44. The lowest BCUT2D eigenvalue weighted by Gasteiger charge is -2.66. The van der Waals surface area contributed by atoms with Crippen LogP contribution in [-0.4, -0.2) is 42.9 Å². The van der Waals surface area contributed by atoms with Crippen LogP contribution in [0, 0.1) is 16.7 Å². The lowest BCUT2D eigenvalue weighted by atomic mass is 9.38. The number of amides is 1. The molecule has 1 heterocycles. The van der Waals surface area contributed by atoms with Gasteiger partial charge in [0.1, 0.15) is 0 Å². The Morgan fingerprint density at radius 2 is 2.00 bits per heavy atom. The second-order valence-corrected chi connectivity index (χ2v) is 10.5. The smallest absolute Gasteiger partial charge is 0.226 e. The third-order valence-corrected chi connectivity index (χ3v) is 8.44. The molecule has 1 aliphatic heterocycles. The Morgan fingerprint density at radius 1 is 1.17 bits per heavy atom. The quantitative estimate of drug-likeness (QED) is 0.712. The number of nitrogens with one attached hydrogen (secondary N) is 2. The van der Waals surface area contributed by atoms with Gasteiger partial charge in [-0.2, -0.15) is 0 Å². The van der Waals surface area contributed by atoms with Gasteiger partial charge < -0.3 is 15.7 Å². The number of halogens is 1. The maximum atomic E-state index is 13.7. The number of hydrogen-bond donors (Lipinski definition) is 3. The fraction of sp³-hybridized carbons (Fsp3) is 0.708. The van der Waals surface area contributed by atoms with Crippen LogP contribution in [0.15, 0.2) is 30.3 Å². The number of benzene rings is 1. The Labute approximate surface area is 172 Å². The highest BCUT2D eigenvalue weighted by molar-refractivity contribution is 5.84. The highest BCUT2D eigenvalue weighted by Gasteiger charge is 2.65. The number of alkyl halides is 1. The van der Waals surface area contributed by atoms with Crippen molar-refractivity contribution in [2.45, 2.75) is 68.9 Å². The maximum Gasteiger partial charge on any atom is 0.226 e. The number of carbonyl (C=O) groups excluding carboxylic acids is 1. The summed E-state index contributed by atoms with van der Waals surface area (Å²) in [5.74, 6) is 0.595. The van der Waals surface area contributed by atoms with E-state index in [0.29, 0.717) is 18.9 Å². The topological polar surface area (TPSA) is 61.4 Å². The Balaban J connectivity index is 1.48. The molecule has 1 saturated heterocycles. The molecule has 29 heavy (non-hydrogen) atoms. The highest BCUT2D eigenvalue weighted by atomic mass is 19.1. The van der Waals surface area contributed by atoms with Gasteiger partial charge in [-0.25, -0.2) is 0 Å². The van der Waals surface area contributed by atoms with E-state index in [0.717, 1.165) is 51.5 Å². The minimum absolute atomic E-state index is 0.0140. The minimum atomic E-state index is -0.538. The predicted molar refractivity (Wildman–Crippen MR) is 110 cm³/mol. The number of carbonyl (C=O) groups is 1. The second-order valence-electron chi connectivity index (χ2n) is 10.5. The Kier molecular flexibility index (Phi) is 4.74. The molecule has 4 saturated carbocycles. The minimum Gasteiger partial charge on any atom is -0.390 e. The molecule has 0 spiro atoms. The van der Waals surface area contributed by atoms with Crippen LogP contribution >= 0.6 is 0 Å². The van der Waals surface area contributed by atoms with Crippen molar-refractivity contribution < 1.29 is 14.3 Å². The van der Waals surface area contributed by atoms with Crippen LogP contribution in [0.4, 0.5) is 4.39 Å². The van der Waals surface area contributed by atoms with E-state index in [9.17, 15) is 14.3 Å². The first-order valence-electron chi connectivity index (χ1n) is 11.3. The summed E-state index contributed by atoms with van der Waals surface area (Å²) in [7, 11) is 0. The maximum absolute atomic E-state index is 13.7. The molecular formula is C24H33FN2O2. The molecule has 5 heteroatoms. The van der Waals surface area contributed by atoms with Gasteiger partial charge in [0.2, 0.25) is 5.91 Å². The van der Waals surface area contributed by atoms with Gasteiger partial charge in [-0.1, -0.05) is 30.3 Å². The predicted octanol–water partition coefficient (Wildman–Crippen LogP) is 3.09. The van der Waals surface area contributed by atoms with Gasteiger partial charge in [0, 0.05) is 6.54 Å². The number of β-amino-alcohol motifs (C(OH)–C–C–N with tert-alkyl or cyclic N) is 1. The first-order valence-corrected chi connectivity index (χ1v) is 11.3. The Bertz CT molecular complexity index is 773. The van der Waals surface area contributed by atoms with Crippen molar-refractivity contribution in [1.29, 1.82) is 0 Å². The summed E-state index contributed by atoms with van der Waals surface area (Å²) in [5, 5.41) is 16.7. The van der Waals surface area contributed by atoms with Gasteiger partial charge in [0.05, 0.1) is 24.2 Å². The molecule has 4 aliphatic carbocycles. The summed E-state index contributed by atoms with van der Waals surface area (Å²) in [6, 6.07) is 10.5. The molecule has 1 aromatic rings. The van der Waals surface area contributed by atoms with Crippen molar-refractivity contribution in [1.82, 2.24) is 10.6 Å². The van der Waals surface area contributed by atoms with Crippen molar-refractivity contribution in [2.24, 2.45) is 16.7 Å². The van der Waals surface area contributed by atoms with Crippen LogP contribution in [0.2, 0.25) is 0 Å². The van der Waals surface area contributed by atoms with Crippen LogP contribution in [0.3, 0.4) is 0 Å². The molecule has 5 aliphatic rings. The van der Waals surface area contributed by atoms with Gasteiger partial charge >= 0.3 is 0 Å². The van der Waals surface area contributed by atoms with E-state index in [4.69, 9.17) is 0 Å². The lowest BCUT2D eigenvalue weighted by Crippen LogP contribution is -2.64. The van der Waals surface area contributed by atoms with E-state index >= 15 is 0 Å². The summed E-state index contributed by atoms with van der Waals surface area (Å²) < 4.78 is 13.6. The van der Waals surface area contributed by atoms with Crippen LogP contribution < -0.4 is 10.6 Å². The fourth-order valence-electron chi connectivity index (χ4n) is 7.82. The molecular weight excluding hydrogens is 367 g/mol. The van der Waals surface area contributed by atoms with Gasteiger partial charge in [-0.15, -0.1) is 0 Å². The van der Waals surface area contributed by atoms with E-state index in [1.165, 1.54) is 5.56 Å². The molecule has 0 aromatic heterocycles. The number of aliphatic hydroxyl groups excluding tert-OH is 1. The van der Waals surface area contributed by atoms with Crippen LogP contribution in [0.1, 0.15) is 56.9 Å². The van der Waals surface area contributed by atoms with Gasteiger partial charge in [0.15, 0.2) is 0 Å². The van der Waals surface area contributed by atoms with Gasteiger partial charge in [-0.05, 0) is 80.2 Å². The molecule has 3 unspecified atom stereocenters. The molecule has 3 N–H and O–H groups in total. The highest BCUT2D eigenvalue weighted by Crippen LogP contribution is 2.71. The van der Waals surface area contributed by atoms with E-state index in [1.807, 2.05) is 6.07 Å². The van der Waals surface area contributed by atoms with Crippen molar-refractivity contribution in [3.05, 3.63) is 35.9 Å². The van der Waals surface area contributed by atoms with Crippen LogP contribution in [0.5, 0.6) is 0 Å². The van der Waals surface area contributed by atoms with E-state index in [2.05, 4.69) is 34.9 Å². The normalized spacial score (nSPS) is 43.3. The molecule has 6 atom stereocenters. The zero-order chi connectivity index (χ0) is 20.1. The van der Waals surface area contributed by atoms with E-state index in [1.54, 1.807) is 0 Å². The summed E-state index contributed by atoms with van der Waals surface area (Å²) in [6.07, 6.45) is 6.58. The van der Waals surface area contributed by atoms with Crippen molar-refractivity contribution in [2.75, 3.05) is 19.8 Å². The molecule has 1 amide bonds. The molecule has 6 rings (SSSR count). The largest absolute Gasteiger partial charge is 0.390 e. The first kappa shape index (κ1) is 19.5. The van der Waals surface area contributed by atoms with E-state index in [-0.39, 0.29) is 29.5 Å². The molecule has 4 nitrogen and oxygen atoms in total. The van der Waals surface area contributed by atoms with Crippen molar-refractivity contribution >= 4 is 5.91 Å². The number of rotatable bonds is 5. The lowest BCUT2D eigenvalue weighted by molar-refractivity contribution is -0.165. The number of hydrogen-bond acceptors (Lipinski definition) is 3. The SMILES string of the molecule is O=C(NC1CCNC[C@H]1O)C12CC3C[C@@](CCF)(C1)C[C@](c1ccccc1)(C3)C2. The standard InChI is InChI=1S/C24H33FN2O2/c25-8-7-22-10-17-11-23(14-22,18-4-2-1-3-5-18)16-24(12-17,15-22)21(29)27-19-6-9-26-13-20(19)28/h1-5,17,19-20,26,28H,6-16H2,(H,27,29)/t17?,19?,20-,22-,23-,24?/m1/s1. The monoisotopic (exact) mass is 400 g/mol. The number of piperidine rings is 1. The van der Waals surface area contributed by atoms with Gasteiger partial charge in [-0.3, -0.25) is 9.18 Å². The zero-order valence-electron chi connectivity index (χ0n) is 17.1. The van der Waals surface area contributed by atoms with E-state index < -0.39 is 11.5 Å². The summed E-state index contributed by atoms with van der Waals surface area (Å²) in [6.45, 7) is 1.04. The molecule has 1 aromatic carbocycles. The molecule has 4 bridgehead atoms. The van der Waals surface area contributed by atoms with Crippen molar-refractivity contribution in [3.63, 3.8) is 0 Å². The molecule has 158 valence electrons. The average Bonchev–Trinajstić information content (AvgIpc) is 2.69. The third kappa shape index (κ3) is 3.21. The van der Waals surface area contributed by atoms with Crippen LogP contribution in [0.25, 0.3) is 0 Å². The van der Waals surface area contributed by atoms with Crippen LogP contribution in [-0.2, 0) is 10.2 Å². The summed E-state index contributed by atoms with van der Waals surface area (Å²) >= 11 is 0. The van der Waals surface area contributed by atoms with Crippen molar-refractivity contribution in [3.8, 4) is 0 Å². The average molecular weight is 401 g/mol. The number of aliphatic hydroxyl groups is 1. The summed E-state index contributed by atoms with van der Waals surface area (Å²) in [4.78, 5) is 13.7.